The number of halogens is 1. The van der Waals surface area contributed by atoms with E-state index >= 15 is 0 Å². The van der Waals surface area contributed by atoms with Crippen molar-refractivity contribution in [3.8, 4) is 0 Å². The molecule has 0 spiro atoms. The van der Waals surface area contributed by atoms with E-state index in [2.05, 4.69) is 34.1 Å². The van der Waals surface area contributed by atoms with Crippen LogP contribution in [0.25, 0.3) is 21.8 Å². The van der Waals surface area contributed by atoms with Crippen molar-refractivity contribution in [2.75, 3.05) is 13.1 Å². The summed E-state index contributed by atoms with van der Waals surface area (Å²) in [7, 11) is 0. The van der Waals surface area contributed by atoms with Crippen LogP contribution in [0.2, 0.25) is 0 Å². The van der Waals surface area contributed by atoms with Gasteiger partial charge >= 0.3 is 0 Å². The van der Waals surface area contributed by atoms with Crippen LogP contribution in [0.15, 0.2) is 54.6 Å². The summed E-state index contributed by atoms with van der Waals surface area (Å²) in [6.07, 6.45) is 1.90. The van der Waals surface area contributed by atoms with Crippen LogP contribution in [0.1, 0.15) is 17.0 Å². The molecule has 0 atom stereocenters. The minimum atomic E-state index is -0.163. The second-order valence-corrected chi connectivity index (χ2v) is 7.04. The molecule has 3 heterocycles. The Hall–Kier alpha value is -2.72. The largest absolute Gasteiger partial charge is 0.357 e. The van der Waals surface area contributed by atoms with Crippen LogP contribution >= 0.6 is 0 Å². The summed E-state index contributed by atoms with van der Waals surface area (Å²) in [5.74, 6) is -0.163. The number of rotatable bonds is 3. The molecule has 1 N–H and O–H groups in total. The summed E-state index contributed by atoms with van der Waals surface area (Å²) < 4.78 is 13.5. The van der Waals surface area contributed by atoms with Crippen LogP contribution < -0.4 is 0 Å². The number of aromatic nitrogens is 2. The summed E-state index contributed by atoms with van der Waals surface area (Å²) >= 11 is 0. The number of para-hydroxylation sites is 1. The maximum Gasteiger partial charge on any atom is 0.123 e. The van der Waals surface area contributed by atoms with Crippen molar-refractivity contribution in [2.24, 2.45) is 0 Å². The first-order valence-electron chi connectivity index (χ1n) is 9.12. The lowest BCUT2D eigenvalue weighted by atomic mass is 10.0. The number of pyridine rings is 1. The van der Waals surface area contributed by atoms with Gasteiger partial charge in [0, 0.05) is 53.7 Å². The number of hydrogen-bond donors (Lipinski definition) is 1. The average Bonchev–Trinajstić information content (AvgIpc) is 3.03. The van der Waals surface area contributed by atoms with Gasteiger partial charge in [0.05, 0.1) is 5.52 Å². The number of H-pyrrole nitrogens is 1. The van der Waals surface area contributed by atoms with Crippen LogP contribution in [0.4, 0.5) is 4.39 Å². The highest BCUT2D eigenvalue weighted by Gasteiger charge is 2.20. The van der Waals surface area contributed by atoms with Crippen molar-refractivity contribution in [2.45, 2.75) is 19.4 Å². The Morgan fingerprint density at radius 3 is 2.96 bits per heavy atom. The second-order valence-electron chi connectivity index (χ2n) is 7.04. The fraction of sp³-hybridized carbons (Fsp3) is 0.227. The van der Waals surface area contributed by atoms with Crippen LogP contribution in [0, 0.1) is 5.82 Å². The molecule has 0 amide bonds. The Morgan fingerprint density at radius 2 is 2.00 bits per heavy atom. The summed E-state index contributed by atoms with van der Waals surface area (Å²) in [6, 6.07) is 17.5. The van der Waals surface area contributed by atoms with E-state index in [0.29, 0.717) is 0 Å². The normalized spacial score (nSPS) is 14.8. The van der Waals surface area contributed by atoms with E-state index in [1.807, 2.05) is 18.2 Å². The van der Waals surface area contributed by atoms with Gasteiger partial charge in [0.2, 0.25) is 0 Å². The Balaban J connectivity index is 1.32. The molecule has 1 aliphatic rings. The summed E-state index contributed by atoms with van der Waals surface area (Å²) in [5.41, 5.74) is 5.73. The topological polar surface area (TPSA) is 31.9 Å². The van der Waals surface area contributed by atoms with Gasteiger partial charge in [-0.05, 0) is 42.3 Å². The Morgan fingerprint density at radius 1 is 1.08 bits per heavy atom. The van der Waals surface area contributed by atoms with Gasteiger partial charge in [-0.15, -0.1) is 0 Å². The van der Waals surface area contributed by atoms with E-state index < -0.39 is 0 Å². The minimum absolute atomic E-state index is 0.163. The van der Waals surface area contributed by atoms with Crippen molar-refractivity contribution in [1.82, 2.24) is 14.9 Å². The summed E-state index contributed by atoms with van der Waals surface area (Å²) in [4.78, 5) is 10.7. The van der Waals surface area contributed by atoms with Crippen LogP contribution in [0.5, 0.6) is 0 Å². The van der Waals surface area contributed by atoms with Crippen molar-refractivity contribution in [1.29, 1.82) is 0 Å². The van der Waals surface area contributed by atoms with E-state index in [1.165, 1.54) is 22.7 Å². The SMILES string of the molecule is Fc1ccc2[nH]c3c(c2c1)CCN(CCc1ccc2ccccc2n1)C3. The average molecular weight is 345 g/mol. The van der Waals surface area contributed by atoms with E-state index in [0.717, 1.165) is 54.6 Å². The number of aromatic amines is 1. The second kappa shape index (κ2) is 6.22. The standard InChI is InChI=1S/C22H20FN3/c23-16-6-8-21-19(13-16)18-10-12-26(14-22(18)25-21)11-9-17-7-5-15-3-1-2-4-20(15)24-17/h1-8,13,25H,9-12,14H2. The Bertz CT molecular complexity index is 1100. The minimum Gasteiger partial charge on any atom is -0.357 e. The zero-order chi connectivity index (χ0) is 17.5. The molecule has 4 aromatic rings. The van der Waals surface area contributed by atoms with Crippen LogP contribution in [-0.4, -0.2) is 28.0 Å². The highest BCUT2D eigenvalue weighted by molar-refractivity contribution is 5.85. The molecule has 2 aromatic heterocycles. The number of nitrogens with one attached hydrogen (secondary N) is 1. The maximum atomic E-state index is 13.5. The van der Waals surface area contributed by atoms with Gasteiger partial charge in [0.25, 0.3) is 0 Å². The molecule has 26 heavy (non-hydrogen) atoms. The smallest absolute Gasteiger partial charge is 0.123 e. The quantitative estimate of drug-likeness (QED) is 0.595. The molecule has 0 aliphatic carbocycles. The molecule has 3 nitrogen and oxygen atoms in total. The molecule has 2 aromatic carbocycles. The number of fused-ring (bicyclic) bond motifs is 4. The van der Waals surface area contributed by atoms with Crippen molar-refractivity contribution in [3.63, 3.8) is 0 Å². The number of hydrogen-bond acceptors (Lipinski definition) is 2. The first kappa shape index (κ1) is 15.5. The van der Waals surface area contributed by atoms with Gasteiger partial charge in [-0.1, -0.05) is 24.3 Å². The van der Waals surface area contributed by atoms with E-state index in [4.69, 9.17) is 4.98 Å². The Labute approximate surface area is 151 Å². The number of nitrogens with zero attached hydrogens (tertiary/aromatic N) is 2. The van der Waals surface area contributed by atoms with Gasteiger partial charge < -0.3 is 4.98 Å². The predicted molar refractivity (Wildman–Crippen MR) is 103 cm³/mol. The zero-order valence-electron chi connectivity index (χ0n) is 14.5. The molecule has 0 fully saturated rings. The molecular weight excluding hydrogens is 325 g/mol. The Kier molecular flexibility index (Phi) is 3.71. The molecule has 0 radical (unpaired) electrons. The fourth-order valence-corrected chi connectivity index (χ4v) is 3.98. The first-order chi connectivity index (χ1) is 12.8. The van der Waals surface area contributed by atoms with E-state index in [1.54, 1.807) is 6.07 Å². The third-order valence-corrected chi connectivity index (χ3v) is 5.36. The molecule has 4 heteroatoms. The van der Waals surface area contributed by atoms with Gasteiger partial charge in [-0.25, -0.2) is 4.39 Å². The lowest BCUT2D eigenvalue weighted by Crippen LogP contribution is -2.32. The lowest BCUT2D eigenvalue weighted by Gasteiger charge is -2.26. The fourth-order valence-electron chi connectivity index (χ4n) is 3.98. The molecule has 0 saturated carbocycles. The highest BCUT2D eigenvalue weighted by Crippen LogP contribution is 2.28. The monoisotopic (exact) mass is 345 g/mol. The zero-order valence-corrected chi connectivity index (χ0v) is 14.5. The maximum absolute atomic E-state index is 13.5. The van der Waals surface area contributed by atoms with Gasteiger partial charge in [0.15, 0.2) is 0 Å². The van der Waals surface area contributed by atoms with Gasteiger partial charge in [-0.3, -0.25) is 9.88 Å². The van der Waals surface area contributed by atoms with Crippen LogP contribution in [0.3, 0.4) is 0 Å². The summed E-state index contributed by atoms with van der Waals surface area (Å²) in [5, 5.41) is 2.22. The lowest BCUT2D eigenvalue weighted by molar-refractivity contribution is 0.254. The molecule has 130 valence electrons. The predicted octanol–water partition coefficient (Wildman–Crippen LogP) is 4.46. The highest BCUT2D eigenvalue weighted by atomic mass is 19.1. The van der Waals surface area contributed by atoms with Crippen molar-refractivity contribution in [3.05, 3.63) is 77.4 Å². The third kappa shape index (κ3) is 2.76. The first-order valence-corrected chi connectivity index (χ1v) is 9.12. The van der Waals surface area contributed by atoms with E-state index in [-0.39, 0.29) is 5.82 Å². The van der Waals surface area contributed by atoms with Crippen molar-refractivity contribution < 1.29 is 4.39 Å². The van der Waals surface area contributed by atoms with Gasteiger partial charge in [0.1, 0.15) is 5.82 Å². The van der Waals surface area contributed by atoms with E-state index in [9.17, 15) is 4.39 Å². The van der Waals surface area contributed by atoms with Gasteiger partial charge in [-0.2, -0.15) is 0 Å². The molecule has 0 unspecified atom stereocenters. The molecule has 5 rings (SSSR count). The molecule has 0 saturated heterocycles. The van der Waals surface area contributed by atoms with Crippen molar-refractivity contribution >= 4 is 21.8 Å². The molecule has 1 aliphatic heterocycles. The molecule has 0 bridgehead atoms. The summed E-state index contributed by atoms with van der Waals surface area (Å²) in [6.45, 7) is 2.87. The number of benzene rings is 2. The van der Waals surface area contributed by atoms with Crippen LogP contribution in [-0.2, 0) is 19.4 Å². The third-order valence-electron chi connectivity index (χ3n) is 5.36. The molecular formula is C22H20FN3.